The first-order valence-electron chi connectivity index (χ1n) is 11.4. The van der Waals surface area contributed by atoms with E-state index in [1.807, 2.05) is 0 Å². The smallest absolute Gasteiger partial charge is 0.338 e. The first kappa shape index (κ1) is 26.7. The van der Waals surface area contributed by atoms with Crippen LogP contribution >= 0.6 is 11.3 Å². The van der Waals surface area contributed by atoms with Crippen LogP contribution in [0.5, 0.6) is 23.0 Å². The van der Waals surface area contributed by atoms with E-state index in [4.69, 9.17) is 23.7 Å². The van der Waals surface area contributed by atoms with Crippen molar-refractivity contribution >= 4 is 29.4 Å². The average Bonchev–Trinajstić information content (AvgIpc) is 3.21. The monoisotopic (exact) mass is 538 g/mol. The topological polar surface area (TPSA) is 115 Å². The van der Waals surface area contributed by atoms with Crippen LogP contribution in [0.1, 0.15) is 31.0 Å². The lowest BCUT2D eigenvalue weighted by molar-refractivity contribution is -0.136. The lowest BCUT2D eigenvalue weighted by Gasteiger charge is -2.25. The number of hydrogen-bond acceptors (Lipinski definition) is 10. The standard InChI is InChI=1S/C27H26N2O8S/c1-14-23(26(32)36-6)24(17-8-10-19(37-15(2)30)21(11-17)35-5)29-25(31)22(38-27(29)28-14)12-16-7-9-18(33-3)13-20(16)34-4/h7-13,24H,1-6H3/b22-12+. The molecule has 2 heterocycles. The van der Waals surface area contributed by atoms with Gasteiger partial charge in [0.15, 0.2) is 16.3 Å². The number of hydrogen-bond donors (Lipinski definition) is 0. The van der Waals surface area contributed by atoms with E-state index in [2.05, 4.69) is 4.99 Å². The SMILES string of the molecule is COC(=O)C1=C(C)N=c2s/c(=C/c3ccc(OC)cc3OC)c(=O)n2C1c1ccc(OC(C)=O)c(OC)c1. The van der Waals surface area contributed by atoms with Crippen molar-refractivity contribution in [1.82, 2.24) is 4.57 Å². The molecule has 0 bridgehead atoms. The summed E-state index contributed by atoms with van der Waals surface area (Å²) < 4.78 is 28.3. The second kappa shape index (κ2) is 10.9. The second-order valence-corrected chi connectivity index (χ2v) is 9.19. The fourth-order valence-corrected chi connectivity index (χ4v) is 5.22. The number of nitrogens with zero attached hydrogens (tertiary/aromatic N) is 2. The molecule has 0 aliphatic carbocycles. The number of ether oxygens (including phenoxy) is 5. The molecule has 1 aliphatic heterocycles. The highest BCUT2D eigenvalue weighted by molar-refractivity contribution is 7.07. The van der Waals surface area contributed by atoms with Gasteiger partial charge in [0, 0.05) is 18.6 Å². The van der Waals surface area contributed by atoms with Crippen molar-refractivity contribution in [3.63, 3.8) is 0 Å². The van der Waals surface area contributed by atoms with Crippen molar-refractivity contribution in [2.75, 3.05) is 28.4 Å². The predicted molar refractivity (Wildman–Crippen MR) is 140 cm³/mol. The summed E-state index contributed by atoms with van der Waals surface area (Å²) in [6.07, 6.45) is 1.71. The summed E-state index contributed by atoms with van der Waals surface area (Å²) in [6.45, 7) is 2.97. The van der Waals surface area contributed by atoms with Gasteiger partial charge in [-0.3, -0.25) is 14.2 Å². The Balaban J connectivity index is 1.95. The van der Waals surface area contributed by atoms with Gasteiger partial charge in [-0.05, 0) is 42.8 Å². The Morgan fingerprint density at radius 2 is 1.71 bits per heavy atom. The van der Waals surface area contributed by atoms with E-state index in [1.54, 1.807) is 56.5 Å². The van der Waals surface area contributed by atoms with Gasteiger partial charge in [-0.2, -0.15) is 0 Å². The molecule has 0 saturated carbocycles. The predicted octanol–water partition coefficient (Wildman–Crippen LogP) is 2.36. The maximum atomic E-state index is 13.8. The van der Waals surface area contributed by atoms with Crippen LogP contribution in [0.3, 0.4) is 0 Å². The van der Waals surface area contributed by atoms with Crippen molar-refractivity contribution in [2.24, 2.45) is 4.99 Å². The van der Waals surface area contributed by atoms with E-state index in [-0.39, 0.29) is 22.6 Å². The van der Waals surface area contributed by atoms with E-state index in [0.717, 1.165) is 0 Å². The van der Waals surface area contributed by atoms with Crippen molar-refractivity contribution in [3.05, 3.63) is 78.5 Å². The number of methoxy groups -OCH3 is 4. The van der Waals surface area contributed by atoms with Gasteiger partial charge in [-0.15, -0.1) is 0 Å². The van der Waals surface area contributed by atoms with Gasteiger partial charge >= 0.3 is 11.9 Å². The van der Waals surface area contributed by atoms with Gasteiger partial charge in [0.1, 0.15) is 11.5 Å². The quantitative estimate of drug-likeness (QED) is 0.333. The number of carbonyl (C=O) groups is 2. The van der Waals surface area contributed by atoms with Crippen LogP contribution in [0.2, 0.25) is 0 Å². The number of fused-ring (bicyclic) bond motifs is 1. The molecular weight excluding hydrogens is 512 g/mol. The van der Waals surface area contributed by atoms with Crippen LogP contribution in [-0.4, -0.2) is 44.9 Å². The summed E-state index contributed by atoms with van der Waals surface area (Å²) in [5, 5.41) is 0. The zero-order chi connectivity index (χ0) is 27.6. The molecule has 3 aromatic rings. The number of rotatable bonds is 7. The molecule has 11 heteroatoms. The van der Waals surface area contributed by atoms with Gasteiger partial charge < -0.3 is 23.7 Å². The molecule has 0 N–H and O–H groups in total. The molecule has 1 unspecified atom stereocenters. The normalized spacial score (nSPS) is 14.9. The minimum atomic E-state index is -0.862. The molecule has 38 heavy (non-hydrogen) atoms. The average molecular weight is 539 g/mol. The molecule has 1 atom stereocenters. The summed E-state index contributed by atoms with van der Waals surface area (Å²) >= 11 is 1.19. The number of thiazole rings is 1. The molecule has 2 aromatic carbocycles. The second-order valence-electron chi connectivity index (χ2n) is 8.19. The van der Waals surface area contributed by atoms with Crippen LogP contribution in [0, 0.1) is 0 Å². The van der Waals surface area contributed by atoms with Gasteiger partial charge in [0.05, 0.1) is 50.3 Å². The fraction of sp³-hybridized carbons (Fsp3) is 0.259. The zero-order valence-electron chi connectivity index (χ0n) is 21.7. The highest BCUT2D eigenvalue weighted by atomic mass is 32.1. The van der Waals surface area contributed by atoms with Crippen molar-refractivity contribution in [2.45, 2.75) is 19.9 Å². The Kier molecular flexibility index (Phi) is 7.67. The number of carbonyl (C=O) groups excluding carboxylic acids is 2. The maximum Gasteiger partial charge on any atom is 0.338 e. The maximum absolute atomic E-state index is 13.8. The molecule has 0 fully saturated rings. The van der Waals surface area contributed by atoms with Crippen LogP contribution in [0.25, 0.3) is 6.08 Å². The number of esters is 2. The van der Waals surface area contributed by atoms with Crippen molar-refractivity contribution in [3.8, 4) is 23.0 Å². The van der Waals surface area contributed by atoms with Crippen LogP contribution < -0.4 is 33.8 Å². The molecule has 0 spiro atoms. The largest absolute Gasteiger partial charge is 0.497 e. The Morgan fingerprint density at radius 1 is 0.974 bits per heavy atom. The minimum Gasteiger partial charge on any atom is -0.497 e. The van der Waals surface area contributed by atoms with E-state index >= 15 is 0 Å². The lowest BCUT2D eigenvalue weighted by atomic mass is 9.95. The molecule has 1 aliphatic rings. The summed E-state index contributed by atoms with van der Waals surface area (Å²) in [4.78, 5) is 43.2. The zero-order valence-corrected chi connectivity index (χ0v) is 22.5. The summed E-state index contributed by atoms with van der Waals surface area (Å²) in [7, 11) is 5.79. The minimum absolute atomic E-state index is 0.204. The number of benzene rings is 2. The third-order valence-corrected chi connectivity index (χ3v) is 6.89. The third-order valence-electron chi connectivity index (χ3n) is 5.91. The lowest BCUT2D eigenvalue weighted by Crippen LogP contribution is -2.39. The number of aromatic nitrogens is 1. The van der Waals surface area contributed by atoms with Crippen LogP contribution in [-0.2, 0) is 14.3 Å². The molecule has 10 nitrogen and oxygen atoms in total. The number of allylic oxidation sites excluding steroid dienone is 1. The molecular formula is C27H26N2O8S. The molecule has 1 aromatic heterocycles. The van der Waals surface area contributed by atoms with Gasteiger partial charge in [0.2, 0.25) is 0 Å². The highest BCUT2D eigenvalue weighted by Gasteiger charge is 2.33. The van der Waals surface area contributed by atoms with Crippen molar-refractivity contribution in [1.29, 1.82) is 0 Å². The van der Waals surface area contributed by atoms with E-state index in [1.165, 1.54) is 44.2 Å². The first-order valence-corrected chi connectivity index (χ1v) is 12.2. The molecule has 0 amide bonds. The summed E-state index contributed by atoms with van der Waals surface area (Å²) in [6, 6.07) is 9.26. The highest BCUT2D eigenvalue weighted by Crippen LogP contribution is 2.36. The van der Waals surface area contributed by atoms with E-state index < -0.39 is 18.0 Å². The Hall–Kier alpha value is -4.38. The summed E-state index contributed by atoms with van der Waals surface area (Å²) in [5.41, 5.74) is 1.48. The fourth-order valence-electron chi connectivity index (χ4n) is 4.18. The molecule has 0 radical (unpaired) electrons. The Bertz CT molecular complexity index is 1630. The van der Waals surface area contributed by atoms with Gasteiger partial charge in [-0.1, -0.05) is 17.4 Å². The Morgan fingerprint density at radius 3 is 2.34 bits per heavy atom. The van der Waals surface area contributed by atoms with Gasteiger partial charge in [0.25, 0.3) is 5.56 Å². The van der Waals surface area contributed by atoms with Crippen LogP contribution in [0.15, 0.2) is 57.5 Å². The van der Waals surface area contributed by atoms with E-state index in [9.17, 15) is 14.4 Å². The molecule has 0 saturated heterocycles. The Labute approximate surface area is 222 Å². The van der Waals surface area contributed by atoms with Gasteiger partial charge in [-0.25, -0.2) is 9.79 Å². The van der Waals surface area contributed by atoms with Crippen LogP contribution in [0.4, 0.5) is 0 Å². The molecule has 4 rings (SSSR count). The van der Waals surface area contributed by atoms with E-state index in [0.29, 0.717) is 37.7 Å². The third kappa shape index (κ3) is 4.92. The van der Waals surface area contributed by atoms with Crippen molar-refractivity contribution < 1.29 is 33.3 Å². The summed E-state index contributed by atoms with van der Waals surface area (Å²) in [5.74, 6) is 0.494. The first-order chi connectivity index (χ1) is 18.2. The molecule has 198 valence electrons.